The number of carbonyl (C=O) groups is 1. The zero-order valence-electron chi connectivity index (χ0n) is 18.6. The Bertz CT molecular complexity index is 1320. The summed E-state index contributed by atoms with van der Waals surface area (Å²) in [5, 5.41) is 18.3. The third-order valence-electron chi connectivity index (χ3n) is 5.80. The van der Waals surface area contributed by atoms with E-state index in [1.54, 1.807) is 18.2 Å². The summed E-state index contributed by atoms with van der Waals surface area (Å²) in [6, 6.07) is 15.7. The van der Waals surface area contributed by atoms with Crippen LogP contribution < -0.4 is 5.32 Å². The molecule has 0 aliphatic carbocycles. The van der Waals surface area contributed by atoms with Crippen molar-refractivity contribution in [2.45, 2.75) is 39.2 Å². The third kappa shape index (κ3) is 4.57. The summed E-state index contributed by atoms with van der Waals surface area (Å²) >= 11 is 0. The van der Waals surface area contributed by atoms with Gasteiger partial charge in [0.15, 0.2) is 0 Å². The maximum absolute atomic E-state index is 13.2. The quantitative estimate of drug-likeness (QED) is 0.326. The molecule has 9 heteroatoms. The number of nitro benzene ring substituents is 1. The molecule has 2 aromatic heterocycles. The molecule has 0 unspecified atom stereocenters. The Balaban J connectivity index is 1.63. The Labute approximate surface area is 190 Å². The van der Waals surface area contributed by atoms with Gasteiger partial charge in [-0.25, -0.2) is 4.98 Å². The molecule has 9 nitrogen and oxygen atoms in total. The summed E-state index contributed by atoms with van der Waals surface area (Å²) in [6.45, 7) is 6.26. The van der Waals surface area contributed by atoms with Gasteiger partial charge in [-0.3, -0.25) is 14.9 Å². The lowest BCUT2D eigenvalue weighted by Crippen LogP contribution is -2.28. The summed E-state index contributed by atoms with van der Waals surface area (Å²) in [5.41, 5.74) is 3.34. The van der Waals surface area contributed by atoms with Crippen LogP contribution in [0.2, 0.25) is 0 Å². The summed E-state index contributed by atoms with van der Waals surface area (Å²) < 4.78 is 1.36. The molecule has 0 radical (unpaired) electrons. The van der Waals surface area contributed by atoms with E-state index in [-0.39, 0.29) is 29.1 Å². The average molecular weight is 444 g/mol. The summed E-state index contributed by atoms with van der Waals surface area (Å²) in [5.74, 6) is 0.362. The molecule has 168 valence electrons. The zero-order chi connectivity index (χ0) is 23.5. The number of carbonyl (C=O) groups excluding carboxylic acids is 1. The molecular formula is C24H24N6O3. The van der Waals surface area contributed by atoms with E-state index in [1.165, 1.54) is 28.5 Å². The maximum Gasteiger partial charge on any atom is 0.270 e. The van der Waals surface area contributed by atoms with Gasteiger partial charge in [0.1, 0.15) is 12.0 Å². The van der Waals surface area contributed by atoms with E-state index in [2.05, 4.69) is 46.4 Å². The van der Waals surface area contributed by atoms with Crippen LogP contribution in [0.4, 0.5) is 5.69 Å². The number of aromatic nitrogens is 4. The lowest BCUT2D eigenvalue weighted by atomic mass is 9.96. The van der Waals surface area contributed by atoms with Crippen LogP contribution in [-0.2, 0) is 0 Å². The monoisotopic (exact) mass is 444 g/mol. The van der Waals surface area contributed by atoms with E-state index < -0.39 is 4.92 Å². The van der Waals surface area contributed by atoms with Crippen molar-refractivity contribution in [2.24, 2.45) is 0 Å². The molecule has 0 aliphatic rings. The molecule has 0 aliphatic heterocycles. The number of hydrogen-bond donors (Lipinski definition) is 1. The normalized spacial score (nSPS) is 12.9. The van der Waals surface area contributed by atoms with Crippen molar-refractivity contribution in [3.05, 3.63) is 87.9 Å². The smallest absolute Gasteiger partial charge is 0.270 e. The first-order chi connectivity index (χ1) is 15.9. The van der Waals surface area contributed by atoms with Gasteiger partial charge in [-0.15, -0.1) is 0 Å². The van der Waals surface area contributed by atoms with Crippen LogP contribution in [0.25, 0.3) is 17.0 Å². The van der Waals surface area contributed by atoms with Crippen molar-refractivity contribution in [2.75, 3.05) is 0 Å². The fourth-order valence-electron chi connectivity index (χ4n) is 3.60. The van der Waals surface area contributed by atoms with Gasteiger partial charge >= 0.3 is 0 Å². The van der Waals surface area contributed by atoms with Crippen LogP contribution in [0, 0.1) is 10.1 Å². The van der Waals surface area contributed by atoms with Gasteiger partial charge in [0, 0.05) is 17.7 Å². The SMILES string of the molecule is CC[C@H](C)c1ccc([C@H](C)NC(=O)c2cc(-c3cccc([N+](=O)[O-])c3)nc3ncnn23)cc1. The fourth-order valence-corrected chi connectivity index (χ4v) is 3.60. The number of non-ortho nitro benzene ring substituents is 1. The van der Waals surface area contributed by atoms with Crippen LogP contribution in [0.15, 0.2) is 60.9 Å². The Morgan fingerprint density at radius 2 is 1.85 bits per heavy atom. The molecule has 0 saturated heterocycles. The second-order valence-electron chi connectivity index (χ2n) is 7.98. The van der Waals surface area contributed by atoms with Gasteiger partial charge in [0.2, 0.25) is 0 Å². The van der Waals surface area contributed by atoms with E-state index in [1.807, 2.05) is 19.1 Å². The highest BCUT2D eigenvalue weighted by Crippen LogP contribution is 2.25. The maximum atomic E-state index is 13.2. The van der Waals surface area contributed by atoms with Crippen LogP contribution in [-0.4, -0.2) is 30.4 Å². The van der Waals surface area contributed by atoms with Crippen molar-refractivity contribution in [1.29, 1.82) is 0 Å². The number of hydrogen-bond acceptors (Lipinski definition) is 6. The van der Waals surface area contributed by atoms with Crippen LogP contribution in [0.1, 0.15) is 60.8 Å². The van der Waals surface area contributed by atoms with Gasteiger partial charge in [-0.05, 0) is 36.5 Å². The minimum Gasteiger partial charge on any atom is -0.344 e. The molecule has 4 rings (SSSR count). The zero-order valence-corrected chi connectivity index (χ0v) is 18.6. The molecule has 0 spiro atoms. The third-order valence-corrected chi connectivity index (χ3v) is 5.80. The molecule has 0 fully saturated rings. The predicted molar refractivity (Wildman–Crippen MR) is 124 cm³/mol. The van der Waals surface area contributed by atoms with Crippen molar-refractivity contribution < 1.29 is 9.72 Å². The van der Waals surface area contributed by atoms with Crippen molar-refractivity contribution in [3.63, 3.8) is 0 Å². The molecule has 1 amide bonds. The van der Waals surface area contributed by atoms with E-state index in [9.17, 15) is 14.9 Å². The molecule has 0 bridgehead atoms. The van der Waals surface area contributed by atoms with Crippen molar-refractivity contribution >= 4 is 17.4 Å². The second-order valence-corrected chi connectivity index (χ2v) is 7.98. The number of benzene rings is 2. The minimum absolute atomic E-state index is 0.0592. The number of rotatable bonds is 7. The second kappa shape index (κ2) is 9.15. The lowest BCUT2D eigenvalue weighted by molar-refractivity contribution is -0.384. The Hall–Kier alpha value is -4.14. The van der Waals surface area contributed by atoms with Gasteiger partial charge in [-0.2, -0.15) is 14.6 Å². The predicted octanol–water partition coefficient (Wildman–Crippen LogP) is 4.70. The molecule has 2 heterocycles. The highest BCUT2D eigenvalue weighted by Gasteiger charge is 2.19. The van der Waals surface area contributed by atoms with E-state index in [0.29, 0.717) is 17.2 Å². The van der Waals surface area contributed by atoms with E-state index in [0.717, 1.165) is 12.0 Å². The summed E-state index contributed by atoms with van der Waals surface area (Å²) in [7, 11) is 0. The van der Waals surface area contributed by atoms with Crippen LogP contribution in [0.5, 0.6) is 0 Å². The Morgan fingerprint density at radius 1 is 1.12 bits per heavy atom. The Morgan fingerprint density at radius 3 is 2.55 bits per heavy atom. The molecule has 1 N–H and O–H groups in total. The van der Waals surface area contributed by atoms with Gasteiger partial charge in [-0.1, -0.05) is 50.2 Å². The first kappa shape index (κ1) is 22.1. The number of nitrogens with zero attached hydrogens (tertiary/aromatic N) is 5. The van der Waals surface area contributed by atoms with E-state index >= 15 is 0 Å². The molecule has 2 aromatic carbocycles. The van der Waals surface area contributed by atoms with Gasteiger partial charge in [0.25, 0.3) is 17.4 Å². The molecule has 2 atom stereocenters. The van der Waals surface area contributed by atoms with Crippen molar-refractivity contribution in [1.82, 2.24) is 24.9 Å². The van der Waals surface area contributed by atoms with Gasteiger partial charge < -0.3 is 5.32 Å². The average Bonchev–Trinajstić information content (AvgIpc) is 3.31. The number of nitrogens with one attached hydrogen (secondary N) is 1. The topological polar surface area (TPSA) is 115 Å². The van der Waals surface area contributed by atoms with Crippen molar-refractivity contribution in [3.8, 4) is 11.3 Å². The number of amides is 1. The van der Waals surface area contributed by atoms with Crippen LogP contribution >= 0.6 is 0 Å². The first-order valence-electron chi connectivity index (χ1n) is 10.7. The highest BCUT2D eigenvalue weighted by atomic mass is 16.6. The molecule has 0 saturated carbocycles. The molecule has 33 heavy (non-hydrogen) atoms. The number of nitro groups is 1. The summed E-state index contributed by atoms with van der Waals surface area (Å²) in [6.07, 6.45) is 2.38. The summed E-state index contributed by atoms with van der Waals surface area (Å²) in [4.78, 5) is 32.4. The Kier molecular flexibility index (Phi) is 6.12. The standard InChI is InChI=1S/C24H24N6O3/c1-4-15(2)17-8-10-18(11-9-17)16(3)27-23(31)22-13-21(28-24-25-14-26-29(22)24)19-6-5-7-20(12-19)30(32)33/h5-16H,4H2,1-3H3,(H,27,31)/t15-,16-/m0/s1. The van der Waals surface area contributed by atoms with E-state index in [4.69, 9.17) is 0 Å². The van der Waals surface area contributed by atoms with Crippen LogP contribution in [0.3, 0.4) is 0 Å². The fraction of sp³-hybridized carbons (Fsp3) is 0.250. The largest absolute Gasteiger partial charge is 0.344 e. The lowest BCUT2D eigenvalue weighted by Gasteiger charge is -2.16. The highest BCUT2D eigenvalue weighted by molar-refractivity contribution is 5.94. The molecular weight excluding hydrogens is 420 g/mol. The molecule has 4 aromatic rings. The first-order valence-corrected chi connectivity index (χ1v) is 10.7. The minimum atomic E-state index is -0.471. The number of fused-ring (bicyclic) bond motifs is 1. The van der Waals surface area contributed by atoms with Gasteiger partial charge in [0.05, 0.1) is 16.7 Å².